The second-order valence-corrected chi connectivity index (χ2v) is 8.09. The van der Waals surface area contributed by atoms with Gasteiger partial charge in [-0.25, -0.2) is 17.6 Å². The lowest BCUT2D eigenvalue weighted by Crippen LogP contribution is -2.43. The Bertz CT molecular complexity index is 1080. The van der Waals surface area contributed by atoms with Crippen LogP contribution in [0.2, 0.25) is 0 Å². The zero-order valence-corrected chi connectivity index (χ0v) is 17.0. The average molecular weight is 448 g/mol. The molecule has 0 saturated carbocycles. The van der Waals surface area contributed by atoms with Crippen molar-refractivity contribution in [1.29, 1.82) is 0 Å². The highest BCUT2D eigenvalue weighted by Crippen LogP contribution is 2.30. The summed E-state index contributed by atoms with van der Waals surface area (Å²) < 4.78 is 54.5. The molecular formula is C23H20F4N2O3. The summed E-state index contributed by atoms with van der Waals surface area (Å²) in [6.45, 7) is 0.455. The number of piperidine rings is 1. The van der Waals surface area contributed by atoms with Gasteiger partial charge < -0.3 is 9.80 Å². The van der Waals surface area contributed by atoms with Crippen molar-refractivity contribution >= 4 is 23.3 Å². The molecule has 1 atom stereocenters. The van der Waals surface area contributed by atoms with E-state index in [-0.39, 0.29) is 56.1 Å². The summed E-state index contributed by atoms with van der Waals surface area (Å²) in [5.41, 5.74) is -0.374. The SMILES string of the molecule is O=C(c1cc(F)ccc1F)C1CCN(C(=O)C2CC(=O)N(c3ccc(F)cc3F)C2)CC1. The fraction of sp³-hybridized carbons (Fsp3) is 0.348. The Hall–Kier alpha value is -3.23. The maximum Gasteiger partial charge on any atom is 0.228 e. The van der Waals surface area contributed by atoms with Crippen molar-refractivity contribution in [2.45, 2.75) is 19.3 Å². The Labute approximate surface area is 181 Å². The minimum atomic E-state index is -0.879. The molecule has 2 fully saturated rings. The first-order valence-corrected chi connectivity index (χ1v) is 10.3. The normalized spacial score (nSPS) is 19.5. The first-order valence-electron chi connectivity index (χ1n) is 10.3. The van der Waals surface area contributed by atoms with Gasteiger partial charge in [0.2, 0.25) is 11.8 Å². The molecule has 0 bridgehead atoms. The van der Waals surface area contributed by atoms with Crippen LogP contribution < -0.4 is 4.90 Å². The fourth-order valence-corrected chi connectivity index (χ4v) is 4.33. The van der Waals surface area contributed by atoms with Crippen molar-refractivity contribution in [1.82, 2.24) is 4.90 Å². The minimum Gasteiger partial charge on any atom is -0.342 e. The minimum absolute atomic E-state index is 0.0203. The Morgan fingerprint density at radius 3 is 2.19 bits per heavy atom. The summed E-state index contributed by atoms with van der Waals surface area (Å²) in [5.74, 6) is -5.56. The Morgan fingerprint density at radius 2 is 1.50 bits per heavy atom. The second-order valence-electron chi connectivity index (χ2n) is 8.09. The number of ketones is 1. The van der Waals surface area contributed by atoms with Crippen LogP contribution in [0.4, 0.5) is 23.2 Å². The number of amides is 2. The Kier molecular flexibility index (Phi) is 5.99. The van der Waals surface area contributed by atoms with E-state index in [0.717, 1.165) is 35.2 Å². The molecule has 5 nitrogen and oxygen atoms in total. The number of rotatable bonds is 4. The van der Waals surface area contributed by atoms with E-state index in [9.17, 15) is 31.9 Å². The number of halogens is 4. The van der Waals surface area contributed by atoms with E-state index in [1.54, 1.807) is 0 Å². The first kappa shape index (κ1) is 22.0. The van der Waals surface area contributed by atoms with Crippen LogP contribution in [0.3, 0.4) is 0 Å². The van der Waals surface area contributed by atoms with Gasteiger partial charge in [0, 0.05) is 38.0 Å². The molecule has 0 aromatic heterocycles. The third kappa shape index (κ3) is 4.24. The lowest BCUT2D eigenvalue weighted by molar-refractivity contribution is -0.137. The summed E-state index contributed by atoms with van der Waals surface area (Å²) in [7, 11) is 0. The van der Waals surface area contributed by atoms with Crippen LogP contribution in [0.25, 0.3) is 0 Å². The highest BCUT2D eigenvalue weighted by atomic mass is 19.1. The monoisotopic (exact) mass is 448 g/mol. The van der Waals surface area contributed by atoms with Crippen LogP contribution in [0.1, 0.15) is 29.6 Å². The van der Waals surface area contributed by atoms with E-state index in [0.29, 0.717) is 6.07 Å². The molecule has 2 heterocycles. The summed E-state index contributed by atoms with van der Waals surface area (Å²) >= 11 is 0. The molecule has 9 heteroatoms. The predicted octanol–water partition coefficient (Wildman–Crippen LogP) is 3.72. The van der Waals surface area contributed by atoms with Crippen molar-refractivity contribution in [3.63, 3.8) is 0 Å². The molecule has 0 aliphatic carbocycles. The number of nitrogens with zero attached hydrogens (tertiary/aromatic N) is 2. The molecular weight excluding hydrogens is 428 g/mol. The second kappa shape index (κ2) is 8.72. The van der Waals surface area contributed by atoms with Crippen molar-refractivity contribution < 1.29 is 31.9 Å². The quantitative estimate of drug-likeness (QED) is 0.529. The lowest BCUT2D eigenvalue weighted by Gasteiger charge is -2.33. The van der Waals surface area contributed by atoms with Crippen molar-refractivity contribution in [3.05, 3.63) is 65.2 Å². The van der Waals surface area contributed by atoms with Crippen molar-refractivity contribution in [2.75, 3.05) is 24.5 Å². The molecule has 168 valence electrons. The fourth-order valence-electron chi connectivity index (χ4n) is 4.33. The van der Waals surface area contributed by atoms with Crippen LogP contribution in [0, 0.1) is 35.1 Å². The van der Waals surface area contributed by atoms with Gasteiger partial charge in [0.05, 0.1) is 17.2 Å². The van der Waals surface area contributed by atoms with Gasteiger partial charge >= 0.3 is 0 Å². The molecule has 2 saturated heterocycles. The molecule has 2 aromatic rings. The predicted molar refractivity (Wildman–Crippen MR) is 107 cm³/mol. The largest absolute Gasteiger partial charge is 0.342 e. The number of benzene rings is 2. The van der Waals surface area contributed by atoms with Gasteiger partial charge in [0.1, 0.15) is 23.3 Å². The number of hydrogen-bond donors (Lipinski definition) is 0. The van der Waals surface area contributed by atoms with Gasteiger partial charge in [-0.15, -0.1) is 0 Å². The zero-order chi connectivity index (χ0) is 23.0. The molecule has 32 heavy (non-hydrogen) atoms. The van der Waals surface area contributed by atoms with Crippen molar-refractivity contribution in [2.24, 2.45) is 11.8 Å². The molecule has 2 aromatic carbocycles. The number of anilines is 1. The van der Waals surface area contributed by atoms with Gasteiger partial charge in [-0.3, -0.25) is 14.4 Å². The number of likely N-dealkylation sites (tertiary alicyclic amines) is 1. The zero-order valence-electron chi connectivity index (χ0n) is 17.0. The smallest absolute Gasteiger partial charge is 0.228 e. The molecule has 2 aliphatic heterocycles. The van der Waals surface area contributed by atoms with E-state index < -0.39 is 46.8 Å². The van der Waals surface area contributed by atoms with Gasteiger partial charge in [0.25, 0.3) is 0 Å². The Balaban J connectivity index is 1.38. The Morgan fingerprint density at radius 1 is 0.844 bits per heavy atom. The van der Waals surface area contributed by atoms with E-state index >= 15 is 0 Å². The number of carbonyl (C=O) groups excluding carboxylic acids is 3. The first-order chi connectivity index (χ1) is 15.2. The van der Waals surface area contributed by atoms with Crippen LogP contribution in [0.15, 0.2) is 36.4 Å². The van der Waals surface area contributed by atoms with Crippen molar-refractivity contribution in [3.8, 4) is 0 Å². The van der Waals surface area contributed by atoms with Crippen LogP contribution in [0.5, 0.6) is 0 Å². The molecule has 2 aliphatic rings. The van der Waals surface area contributed by atoms with Gasteiger partial charge in [-0.2, -0.15) is 0 Å². The standard InChI is InChI=1S/C23H20F4N2O3/c24-15-1-3-18(26)17(10-15)22(31)13-5-7-28(8-6-13)23(32)14-9-21(30)29(12-14)20-4-2-16(25)11-19(20)27/h1-4,10-11,13-14H,5-9,12H2. The number of hydrogen-bond acceptors (Lipinski definition) is 3. The maximum absolute atomic E-state index is 14.1. The summed E-state index contributed by atoms with van der Waals surface area (Å²) in [6, 6.07) is 5.62. The van der Waals surface area contributed by atoms with E-state index in [4.69, 9.17) is 0 Å². The van der Waals surface area contributed by atoms with Gasteiger partial charge in [0.15, 0.2) is 5.78 Å². The topological polar surface area (TPSA) is 57.7 Å². The van der Waals surface area contributed by atoms with E-state index in [1.165, 1.54) is 4.90 Å². The summed E-state index contributed by atoms with van der Waals surface area (Å²) in [6.07, 6.45) is 0.484. The van der Waals surface area contributed by atoms with E-state index in [1.807, 2.05) is 0 Å². The van der Waals surface area contributed by atoms with E-state index in [2.05, 4.69) is 0 Å². The highest BCUT2D eigenvalue weighted by Gasteiger charge is 2.39. The third-order valence-electron chi connectivity index (χ3n) is 6.05. The van der Waals surface area contributed by atoms with Gasteiger partial charge in [-0.05, 0) is 43.2 Å². The number of Topliss-reactive ketones (excluding diaryl/α,β-unsaturated/α-hetero) is 1. The molecule has 1 unspecified atom stereocenters. The molecule has 0 spiro atoms. The third-order valence-corrected chi connectivity index (χ3v) is 6.05. The summed E-state index contributed by atoms with van der Waals surface area (Å²) in [5, 5.41) is 0. The number of carbonyl (C=O) groups is 3. The molecule has 0 N–H and O–H groups in total. The molecule has 2 amide bonds. The molecule has 4 rings (SSSR count). The van der Waals surface area contributed by atoms with Gasteiger partial charge in [-0.1, -0.05) is 0 Å². The summed E-state index contributed by atoms with van der Waals surface area (Å²) in [4.78, 5) is 40.5. The highest BCUT2D eigenvalue weighted by molar-refractivity contribution is 6.01. The maximum atomic E-state index is 14.1. The average Bonchev–Trinajstić information content (AvgIpc) is 3.16. The lowest BCUT2D eigenvalue weighted by atomic mass is 9.88. The van der Waals surface area contributed by atoms with Crippen LogP contribution in [-0.4, -0.2) is 42.1 Å². The molecule has 0 radical (unpaired) electrons. The van der Waals surface area contributed by atoms with Crippen LogP contribution >= 0.6 is 0 Å². The van der Waals surface area contributed by atoms with Crippen LogP contribution in [-0.2, 0) is 9.59 Å².